The lowest BCUT2D eigenvalue weighted by atomic mass is 10.0. The molecule has 130 valence electrons. The van der Waals surface area contributed by atoms with Gasteiger partial charge in [0.15, 0.2) is 0 Å². The molecule has 7 heteroatoms. The van der Waals surface area contributed by atoms with Crippen LogP contribution >= 0.6 is 11.6 Å². The van der Waals surface area contributed by atoms with Gasteiger partial charge in [0.05, 0.1) is 10.6 Å². The number of nitrogens with zero attached hydrogens (tertiary/aromatic N) is 1. The molecule has 0 fully saturated rings. The molecule has 1 aliphatic rings. The molecule has 1 aliphatic heterocycles. The monoisotopic (exact) mass is 360 g/mol. The van der Waals surface area contributed by atoms with Crippen LogP contribution in [0.25, 0.3) is 0 Å². The molecule has 0 unspecified atom stereocenters. The molecule has 0 saturated heterocycles. The normalized spacial score (nSPS) is 12.8. The van der Waals surface area contributed by atoms with Crippen LogP contribution in [0.4, 0.5) is 0 Å². The SMILES string of the molecule is CCNC(=O)c1cccc2c1CN(C(=O)c1cc(Cl)c(O)cc1O)C2. The molecular formula is C18H17ClN2O4. The van der Waals surface area contributed by atoms with Crippen LogP contribution in [-0.4, -0.2) is 33.5 Å². The van der Waals surface area contributed by atoms with E-state index in [1.165, 1.54) is 11.0 Å². The van der Waals surface area contributed by atoms with Crippen molar-refractivity contribution >= 4 is 23.4 Å². The lowest BCUT2D eigenvalue weighted by Crippen LogP contribution is -2.26. The molecule has 2 aromatic rings. The molecule has 0 radical (unpaired) electrons. The highest BCUT2D eigenvalue weighted by molar-refractivity contribution is 6.32. The first kappa shape index (κ1) is 17.1. The van der Waals surface area contributed by atoms with Crippen molar-refractivity contribution in [2.75, 3.05) is 6.54 Å². The molecule has 0 atom stereocenters. The average molecular weight is 361 g/mol. The fraction of sp³-hybridized carbons (Fsp3) is 0.222. The van der Waals surface area contributed by atoms with Crippen molar-refractivity contribution in [1.82, 2.24) is 10.2 Å². The lowest BCUT2D eigenvalue weighted by molar-refractivity contribution is 0.0746. The Kier molecular flexibility index (Phi) is 4.55. The van der Waals surface area contributed by atoms with Gasteiger partial charge in [-0.2, -0.15) is 0 Å². The second-order valence-electron chi connectivity index (χ2n) is 5.78. The lowest BCUT2D eigenvalue weighted by Gasteiger charge is -2.17. The maximum atomic E-state index is 12.7. The van der Waals surface area contributed by atoms with Crippen molar-refractivity contribution in [2.45, 2.75) is 20.0 Å². The van der Waals surface area contributed by atoms with Gasteiger partial charge in [0, 0.05) is 31.3 Å². The van der Waals surface area contributed by atoms with Gasteiger partial charge in [0.2, 0.25) is 0 Å². The number of carbonyl (C=O) groups excluding carboxylic acids is 2. The number of benzene rings is 2. The largest absolute Gasteiger partial charge is 0.507 e. The van der Waals surface area contributed by atoms with E-state index in [9.17, 15) is 19.8 Å². The van der Waals surface area contributed by atoms with Crippen LogP contribution in [0.15, 0.2) is 30.3 Å². The number of carbonyl (C=O) groups is 2. The number of hydrogen-bond acceptors (Lipinski definition) is 4. The van der Waals surface area contributed by atoms with Crippen molar-refractivity contribution in [3.05, 3.63) is 57.6 Å². The Labute approximate surface area is 149 Å². The smallest absolute Gasteiger partial charge is 0.258 e. The average Bonchev–Trinajstić information content (AvgIpc) is 3.01. The summed E-state index contributed by atoms with van der Waals surface area (Å²) < 4.78 is 0. The van der Waals surface area contributed by atoms with Crippen molar-refractivity contribution in [1.29, 1.82) is 0 Å². The van der Waals surface area contributed by atoms with Crippen LogP contribution in [-0.2, 0) is 13.1 Å². The molecule has 0 spiro atoms. The van der Waals surface area contributed by atoms with E-state index in [1.54, 1.807) is 12.1 Å². The first-order valence-corrected chi connectivity index (χ1v) is 8.19. The summed E-state index contributed by atoms with van der Waals surface area (Å²) in [6.45, 7) is 2.96. The summed E-state index contributed by atoms with van der Waals surface area (Å²) in [5.41, 5.74) is 2.24. The van der Waals surface area contributed by atoms with E-state index in [0.717, 1.165) is 17.2 Å². The number of fused-ring (bicyclic) bond motifs is 1. The minimum atomic E-state index is -0.419. The quantitative estimate of drug-likeness (QED) is 0.785. The summed E-state index contributed by atoms with van der Waals surface area (Å²) in [6, 6.07) is 7.66. The summed E-state index contributed by atoms with van der Waals surface area (Å²) in [6.07, 6.45) is 0. The van der Waals surface area contributed by atoms with Gasteiger partial charge < -0.3 is 20.4 Å². The Morgan fingerprint density at radius 3 is 2.64 bits per heavy atom. The zero-order chi connectivity index (χ0) is 18.1. The summed E-state index contributed by atoms with van der Waals surface area (Å²) in [5.74, 6) is -1.23. The Balaban J connectivity index is 1.89. The van der Waals surface area contributed by atoms with Crippen molar-refractivity contribution in [2.24, 2.45) is 0 Å². The minimum Gasteiger partial charge on any atom is -0.507 e. The van der Waals surface area contributed by atoms with E-state index >= 15 is 0 Å². The van der Waals surface area contributed by atoms with Crippen molar-refractivity contribution < 1.29 is 19.8 Å². The van der Waals surface area contributed by atoms with Crippen LogP contribution in [0.5, 0.6) is 11.5 Å². The Morgan fingerprint density at radius 2 is 1.92 bits per heavy atom. The Hall–Kier alpha value is -2.73. The molecule has 2 aromatic carbocycles. The molecule has 1 heterocycles. The maximum Gasteiger partial charge on any atom is 0.258 e. The fourth-order valence-electron chi connectivity index (χ4n) is 2.93. The van der Waals surface area contributed by atoms with Crippen LogP contribution in [0.1, 0.15) is 38.8 Å². The van der Waals surface area contributed by atoms with Crippen LogP contribution in [0.2, 0.25) is 5.02 Å². The minimum absolute atomic E-state index is 0.00941. The Morgan fingerprint density at radius 1 is 1.16 bits per heavy atom. The van der Waals surface area contributed by atoms with Crippen molar-refractivity contribution in [3.8, 4) is 11.5 Å². The highest BCUT2D eigenvalue weighted by atomic mass is 35.5. The molecule has 0 aromatic heterocycles. The van der Waals surface area contributed by atoms with Crippen LogP contribution < -0.4 is 5.32 Å². The van der Waals surface area contributed by atoms with Gasteiger partial charge in [-0.3, -0.25) is 9.59 Å². The van der Waals surface area contributed by atoms with Crippen molar-refractivity contribution in [3.63, 3.8) is 0 Å². The summed E-state index contributed by atoms with van der Waals surface area (Å²) in [7, 11) is 0. The van der Waals surface area contributed by atoms with Gasteiger partial charge in [0.1, 0.15) is 11.5 Å². The predicted molar refractivity (Wildman–Crippen MR) is 92.8 cm³/mol. The first-order valence-electron chi connectivity index (χ1n) is 7.82. The van der Waals surface area contributed by atoms with E-state index in [4.69, 9.17) is 11.6 Å². The zero-order valence-electron chi connectivity index (χ0n) is 13.5. The van der Waals surface area contributed by atoms with Crippen LogP contribution in [0.3, 0.4) is 0 Å². The topological polar surface area (TPSA) is 89.9 Å². The third-order valence-electron chi connectivity index (χ3n) is 4.15. The maximum absolute atomic E-state index is 12.7. The molecule has 6 nitrogen and oxygen atoms in total. The molecule has 3 N–H and O–H groups in total. The zero-order valence-corrected chi connectivity index (χ0v) is 14.3. The van der Waals surface area contributed by atoms with Gasteiger partial charge in [-0.25, -0.2) is 0 Å². The van der Waals surface area contributed by atoms with Gasteiger partial charge >= 0.3 is 0 Å². The third-order valence-corrected chi connectivity index (χ3v) is 4.45. The number of rotatable bonds is 3. The number of nitrogens with one attached hydrogen (secondary N) is 1. The molecule has 3 rings (SSSR count). The first-order chi connectivity index (χ1) is 11.9. The predicted octanol–water partition coefficient (Wildman–Crippen LogP) is 2.66. The number of halogens is 1. The fourth-order valence-corrected chi connectivity index (χ4v) is 3.09. The molecule has 0 aliphatic carbocycles. The van der Waals surface area contributed by atoms with E-state index in [0.29, 0.717) is 18.7 Å². The van der Waals surface area contributed by atoms with E-state index < -0.39 is 5.91 Å². The Bertz CT molecular complexity index is 866. The van der Waals surface area contributed by atoms with Crippen LogP contribution in [0, 0.1) is 0 Å². The number of aromatic hydroxyl groups is 2. The van der Waals surface area contributed by atoms with Gasteiger partial charge in [-0.1, -0.05) is 23.7 Å². The van der Waals surface area contributed by atoms with E-state index in [2.05, 4.69) is 5.32 Å². The van der Waals surface area contributed by atoms with E-state index in [1.807, 2.05) is 13.0 Å². The standard InChI is InChI=1S/C18H17ClN2O4/c1-2-20-17(24)11-5-3-4-10-8-21(9-13(10)11)18(25)12-6-14(19)16(23)7-15(12)22/h3-7,22-23H,2,8-9H2,1H3,(H,20,24). The highest BCUT2D eigenvalue weighted by Crippen LogP contribution is 2.34. The second kappa shape index (κ2) is 6.64. The van der Waals surface area contributed by atoms with Gasteiger partial charge in [-0.15, -0.1) is 0 Å². The number of amides is 2. The third kappa shape index (κ3) is 3.13. The number of hydrogen-bond donors (Lipinski definition) is 3. The van der Waals surface area contributed by atoms with Gasteiger partial charge in [-0.05, 0) is 30.2 Å². The second-order valence-corrected chi connectivity index (χ2v) is 6.19. The highest BCUT2D eigenvalue weighted by Gasteiger charge is 2.29. The van der Waals surface area contributed by atoms with Gasteiger partial charge in [0.25, 0.3) is 11.8 Å². The molecule has 0 bridgehead atoms. The summed E-state index contributed by atoms with van der Waals surface area (Å²) >= 11 is 5.84. The number of phenols is 2. The molecular weight excluding hydrogens is 344 g/mol. The number of phenolic OH excluding ortho intramolecular Hbond substituents is 2. The molecule has 2 amide bonds. The summed E-state index contributed by atoms with van der Waals surface area (Å²) in [4.78, 5) is 26.4. The summed E-state index contributed by atoms with van der Waals surface area (Å²) in [5, 5.41) is 22.2. The van der Waals surface area contributed by atoms with E-state index in [-0.39, 0.29) is 34.5 Å². The molecule has 25 heavy (non-hydrogen) atoms. The molecule has 0 saturated carbocycles.